The summed E-state index contributed by atoms with van der Waals surface area (Å²) in [4.78, 5) is 14.0. The normalized spacial score (nSPS) is 12.6. The van der Waals surface area contributed by atoms with Gasteiger partial charge in [-0.15, -0.1) is 5.10 Å². The molecule has 0 saturated carbocycles. The fourth-order valence-electron chi connectivity index (χ4n) is 2.09. The van der Waals surface area contributed by atoms with Crippen molar-refractivity contribution >= 4 is 12.1 Å². The molecule has 1 amide bonds. The van der Waals surface area contributed by atoms with Crippen molar-refractivity contribution in [2.75, 3.05) is 0 Å². The smallest absolute Gasteiger partial charge is 0.277 e. The number of carbonyl (C=O) groups excluding carboxylic acids is 1. The average molecular weight is 361 g/mol. The maximum Gasteiger partial charge on any atom is 0.299 e. The molecular weight excluding hydrogens is 349 g/mol. The molecule has 1 aromatic carbocycles. The van der Waals surface area contributed by atoms with Gasteiger partial charge in [0, 0.05) is 5.56 Å². The number of nitrogens with zero attached hydrogens (tertiary/aromatic N) is 4. The van der Waals surface area contributed by atoms with Crippen LogP contribution in [0.1, 0.15) is 31.7 Å². The van der Waals surface area contributed by atoms with Crippen molar-refractivity contribution in [2.24, 2.45) is 5.10 Å². The van der Waals surface area contributed by atoms with E-state index in [4.69, 9.17) is 0 Å². The van der Waals surface area contributed by atoms with Crippen LogP contribution in [0.3, 0.4) is 0 Å². The van der Waals surface area contributed by atoms with Crippen molar-refractivity contribution in [3.8, 4) is 0 Å². The molecule has 6 nitrogen and oxygen atoms in total. The number of hydrogen-bond donors (Lipinski definition) is 1. The molecule has 0 aliphatic rings. The summed E-state index contributed by atoms with van der Waals surface area (Å²) in [5.41, 5.74) is 0.215. The minimum absolute atomic E-state index is 0.164. The molecule has 0 unspecified atom stereocenters. The first-order valence-corrected chi connectivity index (χ1v) is 6.81. The van der Waals surface area contributed by atoms with E-state index in [-0.39, 0.29) is 17.7 Å². The van der Waals surface area contributed by atoms with Crippen LogP contribution in [-0.2, 0) is 10.3 Å². The number of carbonyl (C=O) groups is 1. The first-order chi connectivity index (χ1) is 11.7. The van der Waals surface area contributed by atoms with Gasteiger partial charge in [0.15, 0.2) is 17.5 Å². The Balaban J connectivity index is 2.58. The molecule has 0 spiro atoms. The van der Waals surface area contributed by atoms with E-state index >= 15 is 0 Å². The molecule has 2 rings (SSSR count). The Morgan fingerprint density at radius 2 is 1.88 bits per heavy atom. The van der Waals surface area contributed by atoms with Gasteiger partial charge in [-0.05, 0) is 26.0 Å². The third-order valence-corrected chi connectivity index (χ3v) is 3.34. The van der Waals surface area contributed by atoms with E-state index in [1.165, 1.54) is 13.8 Å². The van der Waals surface area contributed by atoms with Crippen molar-refractivity contribution in [3.05, 3.63) is 47.3 Å². The molecule has 2 aromatic rings. The van der Waals surface area contributed by atoms with E-state index in [0.717, 1.165) is 11.0 Å². The van der Waals surface area contributed by atoms with Gasteiger partial charge in [-0.2, -0.15) is 5.10 Å². The van der Waals surface area contributed by atoms with Crippen LogP contribution in [0.4, 0.5) is 22.0 Å². The highest BCUT2D eigenvalue weighted by Gasteiger charge is 2.32. The predicted molar refractivity (Wildman–Crippen MR) is 76.4 cm³/mol. The standard InChI is InChI=1S/C14H12F5N5O/c1-14(2,24-5-20-13(23-24)12(18)19)11(22-21-6-25)7-3-8(15)10(17)9(16)4-7/h3-6,12H,1-2H3,(H,21,25). The second kappa shape index (κ2) is 6.95. The Morgan fingerprint density at radius 1 is 1.28 bits per heavy atom. The number of hydrazone groups is 1. The molecule has 11 heteroatoms. The molecule has 134 valence electrons. The van der Waals surface area contributed by atoms with E-state index in [1.807, 2.05) is 5.43 Å². The number of halogens is 5. The number of aromatic nitrogens is 3. The van der Waals surface area contributed by atoms with E-state index in [2.05, 4.69) is 15.2 Å². The Bertz CT molecular complexity index is 795. The SMILES string of the molecule is CC(C)(C(=NNC=O)c1cc(F)c(F)c(F)c1)n1cnc(C(F)F)n1. The van der Waals surface area contributed by atoms with E-state index in [9.17, 15) is 26.7 Å². The zero-order valence-corrected chi connectivity index (χ0v) is 13.0. The van der Waals surface area contributed by atoms with Gasteiger partial charge in [0.05, 0.1) is 5.71 Å². The van der Waals surface area contributed by atoms with Gasteiger partial charge in [0.2, 0.25) is 12.2 Å². The second-order valence-electron chi connectivity index (χ2n) is 5.37. The largest absolute Gasteiger partial charge is 0.299 e. The van der Waals surface area contributed by atoms with E-state index < -0.39 is 35.2 Å². The molecule has 1 aromatic heterocycles. The third kappa shape index (κ3) is 3.64. The Kier molecular flexibility index (Phi) is 5.14. The van der Waals surface area contributed by atoms with Crippen LogP contribution >= 0.6 is 0 Å². The maximum atomic E-state index is 13.5. The lowest BCUT2D eigenvalue weighted by atomic mass is 9.92. The number of amides is 1. The fraction of sp³-hybridized carbons (Fsp3) is 0.286. The summed E-state index contributed by atoms with van der Waals surface area (Å²) < 4.78 is 66.6. The fourth-order valence-corrected chi connectivity index (χ4v) is 2.09. The van der Waals surface area contributed by atoms with Crippen molar-refractivity contribution in [2.45, 2.75) is 25.8 Å². The first-order valence-electron chi connectivity index (χ1n) is 6.81. The topological polar surface area (TPSA) is 72.2 Å². The second-order valence-corrected chi connectivity index (χ2v) is 5.37. The van der Waals surface area contributed by atoms with Crippen molar-refractivity contribution < 1.29 is 26.7 Å². The molecule has 0 aliphatic heterocycles. The van der Waals surface area contributed by atoms with Crippen LogP contribution in [0.15, 0.2) is 23.6 Å². The van der Waals surface area contributed by atoms with Crippen LogP contribution in [0.25, 0.3) is 0 Å². The van der Waals surface area contributed by atoms with Gasteiger partial charge in [-0.25, -0.2) is 37.0 Å². The minimum Gasteiger partial charge on any atom is -0.277 e. The van der Waals surface area contributed by atoms with Crippen molar-refractivity contribution in [3.63, 3.8) is 0 Å². The lowest BCUT2D eigenvalue weighted by Gasteiger charge is -2.27. The lowest BCUT2D eigenvalue weighted by Crippen LogP contribution is -2.38. The third-order valence-electron chi connectivity index (χ3n) is 3.34. The molecule has 1 N–H and O–H groups in total. The van der Waals surface area contributed by atoms with Gasteiger partial charge in [-0.1, -0.05) is 0 Å². The van der Waals surface area contributed by atoms with Gasteiger partial charge in [0.1, 0.15) is 11.9 Å². The van der Waals surface area contributed by atoms with Crippen LogP contribution in [0, 0.1) is 17.5 Å². The zero-order chi connectivity index (χ0) is 18.8. The van der Waals surface area contributed by atoms with Gasteiger partial charge < -0.3 is 0 Å². The predicted octanol–water partition coefficient (Wildman–Crippen LogP) is 2.52. The molecule has 0 aliphatic carbocycles. The molecule has 0 fully saturated rings. The molecule has 1 heterocycles. The number of alkyl halides is 2. The van der Waals surface area contributed by atoms with Crippen LogP contribution < -0.4 is 5.43 Å². The van der Waals surface area contributed by atoms with Crippen LogP contribution in [-0.4, -0.2) is 26.9 Å². The summed E-state index contributed by atoms with van der Waals surface area (Å²) in [5.74, 6) is -5.38. The number of benzene rings is 1. The van der Waals surface area contributed by atoms with Gasteiger partial charge in [0.25, 0.3) is 6.43 Å². The van der Waals surface area contributed by atoms with Crippen LogP contribution in [0.5, 0.6) is 0 Å². The van der Waals surface area contributed by atoms with Crippen molar-refractivity contribution in [1.82, 2.24) is 20.2 Å². The summed E-state index contributed by atoms with van der Waals surface area (Å²) in [7, 11) is 0. The van der Waals surface area contributed by atoms with Gasteiger partial charge in [-0.3, -0.25) is 4.79 Å². The lowest BCUT2D eigenvalue weighted by molar-refractivity contribution is -0.109. The zero-order valence-electron chi connectivity index (χ0n) is 13.0. The van der Waals surface area contributed by atoms with Crippen molar-refractivity contribution in [1.29, 1.82) is 0 Å². The Labute approximate surface area is 138 Å². The minimum atomic E-state index is -2.92. The first kappa shape index (κ1) is 18.5. The van der Waals surface area contributed by atoms with E-state index in [0.29, 0.717) is 12.1 Å². The quantitative estimate of drug-likeness (QED) is 0.283. The average Bonchev–Trinajstić information content (AvgIpc) is 3.03. The molecule has 0 saturated heterocycles. The maximum absolute atomic E-state index is 13.5. The molecule has 0 radical (unpaired) electrons. The highest BCUT2D eigenvalue weighted by Crippen LogP contribution is 2.25. The number of hydrogen-bond acceptors (Lipinski definition) is 4. The number of nitrogens with one attached hydrogen (secondary N) is 1. The summed E-state index contributed by atoms with van der Waals surface area (Å²) in [6, 6.07) is 1.33. The summed E-state index contributed by atoms with van der Waals surface area (Å²) in [5, 5.41) is 7.29. The summed E-state index contributed by atoms with van der Waals surface area (Å²) >= 11 is 0. The highest BCUT2D eigenvalue weighted by molar-refractivity contribution is 6.05. The Morgan fingerprint density at radius 3 is 2.36 bits per heavy atom. The van der Waals surface area contributed by atoms with Crippen LogP contribution in [0.2, 0.25) is 0 Å². The van der Waals surface area contributed by atoms with Gasteiger partial charge >= 0.3 is 0 Å². The molecule has 0 bridgehead atoms. The molecular formula is C14H12F5N5O. The number of rotatable bonds is 6. The highest BCUT2D eigenvalue weighted by atomic mass is 19.3. The molecule has 25 heavy (non-hydrogen) atoms. The summed E-state index contributed by atoms with van der Waals surface area (Å²) in [6.07, 6.45) is -1.75. The Hall–Kier alpha value is -2.85. The van der Waals surface area contributed by atoms with E-state index in [1.54, 1.807) is 0 Å². The summed E-state index contributed by atoms with van der Waals surface area (Å²) in [6.45, 7) is 2.86. The monoisotopic (exact) mass is 361 g/mol. The molecule has 0 atom stereocenters.